The molecule has 0 bridgehead atoms. The van der Waals surface area contributed by atoms with E-state index in [1.807, 2.05) is 0 Å². The van der Waals surface area contributed by atoms with Crippen LogP contribution in [0.25, 0.3) is 0 Å². The molecule has 0 nitrogen and oxygen atoms in total. The third-order valence-corrected chi connectivity index (χ3v) is 9.50. The SMILES string of the molecule is FC(F)(Br)C(Br)(I)C(F)(Br)I. The monoisotopic (exact) mass is 584 g/mol. The Hall–Kier alpha value is 2.69. The minimum Gasteiger partial charge on any atom is -0.217 e. The molecule has 0 aromatic heterocycles. The van der Waals surface area contributed by atoms with E-state index < -0.39 is 9.75 Å². The molecule has 0 fully saturated rings. The van der Waals surface area contributed by atoms with Crippen LogP contribution in [0.1, 0.15) is 0 Å². The first-order valence-corrected chi connectivity index (χ1v) is 6.55. The lowest BCUT2D eigenvalue weighted by Crippen LogP contribution is -2.43. The summed E-state index contributed by atoms with van der Waals surface area (Å²) in [4.78, 5) is -3.33. The largest absolute Gasteiger partial charge is 0.330 e. The van der Waals surface area contributed by atoms with Crippen LogP contribution in [0.2, 0.25) is 0 Å². The van der Waals surface area contributed by atoms with Crippen molar-refractivity contribution in [3.8, 4) is 0 Å². The third-order valence-electron chi connectivity index (χ3n) is 0.712. The van der Waals surface area contributed by atoms with Gasteiger partial charge in [-0.2, -0.15) is 8.78 Å². The quantitative estimate of drug-likeness (QED) is 0.318. The standard InChI is InChI=1S/C3Br3F3I2/c4-1(10,2(5,7)8)3(6,9)11. The van der Waals surface area contributed by atoms with Crippen molar-refractivity contribution in [1.82, 2.24) is 0 Å². The Kier molecular flexibility index (Phi) is 5.04. The topological polar surface area (TPSA) is 0 Å². The normalized spacial score (nSPS) is 24.0. The van der Waals surface area contributed by atoms with Crippen LogP contribution in [0.3, 0.4) is 0 Å². The van der Waals surface area contributed by atoms with Crippen molar-refractivity contribution in [3.63, 3.8) is 0 Å². The molecule has 68 valence electrons. The van der Waals surface area contributed by atoms with Crippen LogP contribution in [-0.4, -0.2) is 9.75 Å². The molecule has 0 saturated heterocycles. The van der Waals surface area contributed by atoms with Gasteiger partial charge in [0.2, 0.25) is 4.92 Å². The van der Waals surface area contributed by atoms with Gasteiger partial charge in [-0.25, -0.2) is 4.39 Å². The summed E-state index contributed by atoms with van der Waals surface area (Å²) in [6, 6.07) is 0. The number of halogens is 8. The minimum absolute atomic E-state index is 1.23. The summed E-state index contributed by atoms with van der Waals surface area (Å²) in [7, 11) is 0. The van der Waals surface area contributed by atoms with Crippen molar-refractivity contribution in [2.75, 3.05) is 0 Å². The smallest absolute Gasteiger partial charge is 0.217 e. The summed E-state index contributed by atoms with van der Waals surface area (Å²) in [5.41, 5.74) is 0. The average Bonchev–Trinajstić information content (AvgIpc) is 1.58. The Morgan fingerprint density at radius 2 is 1.18 bits per heavy atom. The molecule has 11 heavy (non-hydrogen) atoms. The van der Waals surface area contributed by atoms with Gasteiger partial charge in [-0.05, 0) is 54.5 Å². The summed E-state index contributed by atoms with van der Waals surface area (Å²) in [5, 5.41) is 0. The summed E-state index contributed by atoms with van der Waals surface area (Å²) < 4.78 is 33.9. The highest BCUT2D eigenvalue weighted by molar-refractivity contribution is 14.1. The number of alkyl halides is 8. The van der Waals surface area contributed by atoms with Gasteiger partial charge in [-0.15, -0.1) is 0 Å². The molecule has 0 aliphatic rings. The van der Waals surface area contributed by atoms with Gasteiger partial charge in [-0.3, -0.25) is 0 Å². The lowest BCUT2D eigenvalue weighted by Gasteiger charge is -2.31. The highest BCUT2D eigenvalue weighted by Crippen LogP contribution is 2.59. The zero-order valence-electron chi connectivity index (χ0n) is 4.52. The Morgan fingerprint density at radius 3 is 1.18 bits per heavy atom. The van der Waals surface area contributed by atoms with Gasteiger partial charge in [0.15, 0.2) is 0 Å². The Labute approximate surface area is 114 Å². The lowest BCUT2D eigenvalue weighted by molar-refractivity contribution is 0.0916. The summed E-state index contributed by atoms with van der Waals surface area (Å²) in [5.74, 6) is 0. The number of hydrogen-bond acceptors (Lipinski definition) is 0. The maximum absolute atomic E-state index is 13.0. The molecule has 8 heteroatoms. The maximum atomic E-state index is 13.0. The van der Waals surface area contributed by atoms with Gasteiger partial charge in [-0.1, -0.05) is 38.5 Å². The van der Waals surface area contributed by atoms with Crippen LogP contribution in [-0.2, 0) is 0 Å². The third kappa shape index (κ3) is 3.39. The van der Waals surface area contributed by atoms with Crippen molar-refractivity contribution < 1.29 is 13.2 Å². The molecule has 0 amide bonds. The first kappa shape index (κ1) is 13.7. The molecular formula is C3Br3F3I2. The van der Waals surface area contributed by atoms with E-state index in [1.54, 1.807) is 0 Å². The predicted octanol–water partition coefficient (Wildman–Crippen LogP) is 4.95. The van der Waals surface area contributed by atoms with Gasteiger partial charge < -0.3 is 0 Å². The van der Waals surface area contributed by atoms with Gasteiger partial charge in [0.1, 0.15) is 0 Å². The lowest BCUT2D eigenvalue weighted by atomic mass is 10.5. The van der Waals surface area contributed by atoms with E-state index in [0.717, 1.165) is 0 Å². The number of hydrogen-bond donors (Lipinski definition) is 0. The van der Waals surface area contributed by atoms with Crippen molar-refractivity contribution in [1.29, 1.82) is 0 Å². The van der Waals surface area contributed by atoms with Gasteiger partial charge in [0.05, 0.1) is 0 Å². The molecule has 0 N–H and O–H groups in total. The van der Waals surface area contributed by atoms with E-state index in [9.17, 15) is 13.2 Å². The summed E-state index contributed by atoms with van der Waals surface area (Å²) in [6.07, 6.45) is 0. The summed E-state index contributed by atoms with van der Waals surface area (Å²) in [6.45, 7) is 0. The van der Waals surface area contributed by atoms with E-state index in [-0.39, 0.29) is 0 Å². The maximum Gasteiger partial charge on any atom is 0.330 e. The highest BCUT2D eigenvalue weighted by atomic mass is 127. The first-order valence-electron chi connectivity index (χ1n) is 2.01. The fraction of sp³-hybridized carbons (Fsp3) is 1.00. The second kappa shape index (κ2) is 4.05. The second-order valence-corrected chi connectivity index (χ2v) is 10.9. The average molecular weight is 587 g/mol. The van der Waals surface area contributed by atoms with Crippen LogP contribution in [0.4, 0.5) is 13.2 Å². The minimum atomic E-state index is -3.33. The first-order chi connectivity index (χ1) is 4.50. The fourth-order valence-electron chi connectivity index (χ4n) is 0.161. The molecule has 0 rings (SSSR count). The molecule has 0 aliphatic heterocycles. The van der Waals surface area contributed by atoms with E-state index in [1.165, 1.54) is 45.2 Å². The Morgan fingerprint density at radius 1 is 0.909 bits per heavy atom. The zero-order valence-corrected chi connectivity index (χ0v) is 13.6. The predicted molar refractivity (Wildman–Crippen MR) is 66.3 cm³/mol. The molecule has 0 radical (unpaired) electrons. The molecular weight excluding hydrogens is 587 g/mol. The molecule has 0 spiro atoms. The molecule has 0 saturated carbocycles. The fourth-order valence-corrected chi connectivity index (χ4v) is 1.66. The van der Waals surface area contributed by atoms with Crippen molar-refractivity contribution in [2.45, 2.75) is 9.75 Å². The van der Waals surface area contributed by atoms with Crippen LogP contribution in [0.15, 0.2) is 0 Å². The van der Waals surface area contributed by atoms with Gasteiger partial charge in [0.25, 0.3) is 0 Å². The zero-order chi connectivity index (χ0) is 9.50. The molecule has 2 unspecified atom stereocenters. The Bertz CT molecular complexity index is 133. The van der Waals surface area contributed by atoms with Crippen molar-refractivity contribution in [2.24, 2.45) is 0 Å². The van der Waals surface area contributed by atoms with Gasteiger partial charge in [0, 0.05) is 0 Å². The van der Waals surface area contributed by atoms with E-state index >= 15 is 0 Å². The van der Waals surface area contributed by atoms with Crippen LogP contribution < -0.4 is 0 Å². The molecule has 0 aromatic carbocycles. The molecule has 0 aromatic rings. The van der Waals surface area contributed by atoms with Crippen molar-refractivity contribution >= 4 is 93.0 Å². The molecule has 0 heterocycles. The van der Waals surface area contributed by atoms with E-state index in [0.29, 0.717) is 0 Å². The highest BCUT2D eigenvalue weighted by Gasteiger charge is 2.61. The Balaban J connectivity index is 4.75. The van der Waals surface area contributed by atoms with Crippen LogP contribution in [0.5, 0.6) is 0 Å². The molecule has 0 aliphatic carbocycles. The molecule has 2 atom stereocenters. The number of rotatable bonds is 2. The van der Waals surface area contributed by atoms with E-state index in [2.05, 4.69) is 47.8 Å². The summed E-state index contributed by atoms with van der Waals surface area (Å²) >= 11 is 9.66. The van der Waals surface area contributed by atoms with E-state index in [4.69, 9.17) is 0 Å². The second-order valence-electron chi connectivity index (χ2n) is 1.57. The van der Waals surface area contributed by atoms with Crippen molar-refractivity contribution in [3.05, 3.63) is 0 Å². The van der Waals surface area contributed by atoms with Crippen LogP contribution >= 0.6 is 93.0 Å². The van der Waals surface area contributed by atoms with Gasteiger partial charge >= 0.3 is 4.83 Å². The van der Waals surface area contributed by atoms with Crippen LogP contribution in [0, 0.1) is 0 Å².